The van der Waals surface area contributed by atoms with Crippen molar-refractivity contribution >= 4 is 5.82 Å². The van der Waals surface area contributed by atoms with Crippen LogP contribution in [0.5, 0.6) is 0 Å². The summed E-state index contributed by atoms with van der Waals surface area (Å²) in [6.45, 7) is 7.81. The second-order valence-electron chi connectivity index (χ2n) is 5.80. The number of fused-ring (bicyclic) bond motifs is 2. The molecule has 0 saturated carbocycles. The number of nitrogens with one attached hydrogen (secondary N) is 1. The lowest BCUT2D eigenvalue weighted by Crippen LogP contribution is -2.36. The van der Waals surface area contributed by atoms with Crippen LogP contribution in [0.2, 0.25) is 0 Å². The number of hydrogen-bond acceptors (Lipinski definition) is 3. The van der Waals surface area contributed by atoms with E-state index < -0.39 is 0 Å². The molecule has 1 aromatic heterocycles. The third kappa shape index (κ3) is 2.24. The Morgan fingerprint density at radius 1 is 1.22 bits per heavy atom. The van der Waals surface area contributed by atoms with Crippen molar-refractivity contribution in [1.29, 1.82) is 0 Å². The largest absolute Gasteiger partial charge is 0.370 e. The van der Waals surface area contributed by atoms with E-state index in [1.165, 1.54) is 42.6 Å². The second kappa shape index (κ2) is 4.88. The first-order chi connectivity index (χ1) is 8.74. The average molecular weight is 245 g/mol. The number of rotatable bonds is 1. The van der Waals surface area contributed by atoms with Crippen molar-refractivity contribution in [2.24, 2.45) is 0 Å². The van der Waals surface area contributed by atoms with Gasteiger partial charge in [0.25, 0.3) is 0 Å². The number of hydrogen-bond donors (Lipinski definition) is 1. The van der Waals surface area contributed by atoms with Crippen LogP contribution in [0.1, 0.15) is 43.5 Å². The number of aryl methyl sites for hydroxylation is 1. The van der Waals surface area contributed by atoms with Crippen molar-refractivity contribution in [3.8, 4) is 0 Å². The zero-order valence-corrected chi connectivity index (χ0v) is 11.5. The zero-order chi connectivity index (χ0) is 12.5. The molecular weight excluding hydrogens is 222 g/mol. The molecule has 0 fully saturated rings. The van der Waals surface area contributed by atoms with E-state index in [1.807, 2.05) is 0 Å². The van der Waals surface area contributed by atoms with E-state index in [0.717, 1.165) is 25.3 Å². The van der Waals surface area contributed by atoms with Gasteiger partial charge in [-0.1, -0.05) is 6.07 Å². The minimum atomic E-state index is 0.617. The standard InChI is InChI=1S/C15H23N3/c1-11(2)18-8-6-12-9-13-5-3-4-7-16-15(13)17-14(12)10-18/h9,11H,3-8,10H2,1-2H3,(H,16,17). The maximum absolute atomic E-state index is 4.89. The normalized spacial score (nSPS) is 19.9. The Hall–Kier alpha value is -1.09. The minimum Gasteiger partial charge on any atom is -0.370 e. The fourth-order valence-corrected chi connectivity index (χ4v) is 2.96. The number of anilines is 1. The first-order valence-corrected chi connectivity index (χ1v) is 7.23. The summed E-state index contributed by atoms with van der Waals surface area (Å²) in [4.78, 5) is 7.41. The van der Waals surface area contributed by atoms with E-state index in [-0.39, 0.29) is 0 Å². The van der Waals surface area contributed by atoms with Crippen LogP contribution in [-0.2, 0) is 19.4 Å². The number of pyridine rings is 1. The van der Waals surface area contributed by atoms with Gasteiger partial charge in [-0.2, -0.15) is 0 Å². The summed E-state index contributed by atoms with van der Waals surface area (Å²) in [7, 11) is 0. The van der Waals surface area contributed by atoms with Gasteiger partial charge in [-0.15, -0.1) is 0 Å². The van der Waals surface area contributed by atoms with Crippen LogP contribution < -0.4 is 5.32 Å². The molecule has 1 N–H and O–H groups in total. The van der Waals surface area contributed by atoms with E-state index in [1.54, 1.807) is 0 Å². The van der Waals surface area contributed by atoms with E-state index in [4.69, 9.17) is 4.98 Å². The summed E-state index contributed by atoms with van der Waals surface area (Å²) in [6.07, 6.45) is 4.90. The Labute approximate surface area is 110 Å². The van der Waals surface area contributed by atoms with Crippen LogP contribution in [0.3, 0.4) is 0 Å². The van der Waals surface area contributed by atoms with Crippen molar-refractivity contribution in [3.05, 3.63) is 22.9 Å². The molecule has 1 aromatic rings. The molecule has 98 valence electrons. The molecule has 0 aromatic carbocycles. The average Bonchev–Trinajstić information content (AvgIpc) is 2.59. The third-order valence-corrected chi connectivity index (χ3v) is 4.19. The van der Waals surface area contributed by atoms with Crippen LogP contribution in [0.25, 0.3) is 0 Å². The summed E-state index contributed by atoms with van der Waals surface area (Å²) in [5.74, 6) is 1.15. The Morgan fingerprint density at radius 3 is 2.94 bits per heavy atom. The molecule has 0 amide bonds. The van der Waals surface area contributed by atoms with Crippen LogP contribution in [0.15, 0.2) is 6.07 Å². The summed E-state index contributed by atoms with van der Waals surface area (Å²) >= 11 is 0. The van der Waals surface area contributed by atoms with Crippen molar-refractivity contribution < 1.29 is 0 Å². The van der Waals surface area contributed by atoms with Gasteiger partial charge in [0.2, 0.25) is 0 Å². The summed E-state index contributed by atoms with van der Waals surface area (Å²) in [6, 6.07) is 3.03. The molecule has 0 radical (unpaired) electrons. The Kier molecular flexibility index (Phi) is 3.25. The van der Waals surface area contributed by atoms with Crippen molar-refractivity contribution in [3.63, 3.8) is 0 Å². The molecule has 3 rings (SSSR count). The maximum atomic E-state index is 4.89. The highest BCUT2D eigenvalue weighted by molar-refractivity contribution is 5.49. The predicted molar refractivity (Wildman–Crippen MR) is 74.9 cm³/mol. The molecule has 18 heavy (non-hydrogen) atoms. The highest BCUT2D eigenvalue weighted by Gasteiger charge is 2.21. The minimum absolute atomic E-state index is 0.617. The molecule has 0 saturated heterocycles. The molecule has 0 spiro atoms. The van der Waals surface area contributed by atoms with Crippen LogP contribution in [-0.4, -0.2) is 29.0 Å². The van der Waals surface area contributed by atoms with E-state index >= 15 is 0 Å². The zero-order valence-electron chi connectivity index (χ0n) is 11.5. The quantitative estimate of drug-likeness (QED) is 0.824. The molecule has 2 aliphatic heterocycles. The lowest BCUT2D eigenvalue weighted by molar-refractivity contribution is 0.200. The van der Waals surface area contributed by atoms with E-state index in [0.29, 0.717) is 6.04 Å². The molecule has 0 unspecified atom stereocenters. The van der Waals surface area contributed by atoms with Crippen LogP contribution in [0.4, 0.5) is 5.82 Å². The van der Waals surface area contributed by atoms with Gasteiger partial charge in [-0.3, -0.25) is 4.90 Å². The molecule has 3 nitrogen and oxygen atoms in total. The van der Waals surface area contributed by atoms with Gasteiger partial charge in [0, 0.05) is 25.7 Å². The van der Waals surface area contributed by atoms with E-state index in [9.17, 15) is 0 Å². The topological polar surface area (TPSA) is 28.2 Å². The Balaban J connectivity index is 1.91. The van der Waals surface area contributed by atoms with Gasteiger partial charge in [-0.25, -0.2) is 4.98 Å². The second-order valence-corrected chi connectivity index (χ2v) is 5.80. The molecule has 3 heterocycles. The molecule has 0 aliphatic carbocycles. The maximum Gasteiger partial charge on any atom is 0.129 e. The van der Waals surface area contributed by atoms with Gasteiger partial charge < -0.3 is 5.32 Å². The van der Waals surface area contributed by atoms with Gasteiger partial charge in [0.1, 0.15) is 5.82 Å². The number of aromatic nitrogens is 1. The molecule has 0 bridgehead atoms. The number of nitrogens with zero attached hydrogens (tertiary/aromatic N) is 2. The van der Waals surface area contributed by atoms with Crippen molar-refractivity contribution in [2.45, 2.75) is 52.1 Å². The first kappa shape index (κ1) is 12.0. The predicted octanol–water partition coefficient (Wildman–Crippen LogP) is 2.60. The SMILES string of the molecule is CC(C)N1CCc2cc3c(nc2C1)NCCCC3. The van der Waals surface area contributed by atoms with Gasteiger partial charge in [-0.05, 0) is 50.7 Å². The fourth-order valence-electron chi connectivity index (χ4n) is 2.96. The summed E-state index contributed by atoms with van der Waals surface area (Å²) in [5.41, 5.74) is 4.21. The third-order valence-electron chi connectivity index (χ3n) is 4.19. The highest BCUT2D eigenvalue weighted by atomic mass is 15.2. The lowest BCUT2D eigenvalue weighted by atomic mass is 10.00. The molecule has 0 atom stereocenters. The van der Waals surface area contributed by atoms with Crippen LogP contribution in [0, 0.1) is 0 Å². The first-order valence-electron chi connectivity index (χ1n) is 7.23. The monoisotopic (exact) mass is 245 g/mol. The van der Waals surface area contributed by atoms with Gasteiger partial charge in [0.15, 0.2) is 0 Å². The van der Waals surface area contributed by atoms with Crippen molar-refractivity contribution in [1.82, 2.24) is 9.88 Å². The molecular formula is C15H23N3. The smallest absolute Gasteiger partial charge is 0.129 e. The highest BCUT2D eigenvalue weighted by Crippen LogP contribution is 2.26. The van der Waals surface area contributed by atoms with Gasteiger partial charge in [0.05, 0.1) is 5.69 Å². The fraction of sp³-hybridized carbons (Fsp3) is 0.667. The van der Waals surface area contributed by atoms with Crippen molar-refractivity contribution in [2.75, 3.05) is 18.4 Å². The Bertz CT molecular complexity index is 440. The van der Waals surface area contributed by atoms with E-state index in [2.05, 4.69) is 30.1 Å². The molecule has 3 heteroatoms. The lowest BCUT2D eigenvalue weighted by Gasteiger charge is -2.31. The van der Waals surface area contributed by atoms with Crippen LogP contribution >= 0.6 is 0 Å². The molecule has 2 aliphatic rings. The van der Waals surface area contributed by atoms with Gasteiger partial charge >= 0.3 is 0 Å². The Morgan fingerprint density at radius 2 is 2.11 bits per heavy atom. The summed E-state index contributed by atoms with van der Waals surface area (Å²) < 4.78 is 0. The summed E-state index contributed by atoms with van der Waals surface area (Å²) in [5, 5.41) is 3.49.